The first kappa shape index (κ1) is 9.34. The van der Waals surface area contributed by atoms with E-state index >= 15 is 0 Å². The Labute approximate surface area is 65.7 Å². The fourth-order valence-corrected chi connectivity index (χ4v) is 0.493. The fourth-order valence-electron chi connectivity index (χ4n) is 0.493. The number of phenolic OH excluding ortho intramolecular Hbond substituents is 2. The molecule has 1 aromatic carbocycles. The zero-order valence-corrected chi connectivity index (χ0v) is 6.12. The first-order valence-corrected chi connectivity index (χ1v) is 2.98. The zero-order chi connectivity index (χ0) is 8.69. The summed E-state index contributed by atoms with van der Waals surface area (Å²) in [6.07, 6.45) is 0. The Morgan fingerprint density at radius 1 is 1.09 bits per heavy atom. The van der Waals surface area contributed by atoms with Crippen molar-refractivity contribution < 1.29 is 10.2 Å². The smallest absolute Gasteiger partial charge is 0.119 e. The van der Waals surface area contributed by atoms with E-state index in [1.165, 1.54) is 18.2 Å². The van der Waals surface area contributed by atoms with Crippen LogP contribution in [0.4, 0.5) is 0 Å². The maximum Gasteiger partial charge on any atom is 0.119 e. The highest BCUT2D eigenvalue weighted by atomic mass is 16.3. The molecule has 2 N–H and O–H groups in total. The molecule has 1 rings (SSSR count). The van der Waals surface area contributed by atoms with Crippen molar-refractivity contribution in [3.05, 3.63) is 43.2 Å². The lowest BCUT2D eigenvalue weighted by Gasteiger charge is -1.89. The Balaban J connectivity index is 0.000000292. The van der Waals surface area contributed by atoms with Crippen LogP contribution >= 0.6 is 0 Å². The molecule has 0 fully saturated rings. The first-order valence-electron chi connectivity index (χ1n) is 2.98. The fraction of sp³-hybridized carbons (Fsp3) is 0. The quantitative estimate of drug-likeness (QED) is 0.556. The van der Waals surface area contributed by atoms with Crippen molar-refractivity contribution in [3.8, 4) is 11.5 Å². The predicted molar refractivity (Wildman–Crippen MR) is 44.5 cm³/mol. The Bertz CT molecular complexity index is 230. The van der Waals surface area contributed by atoms with Gasteiger partial charge in [-0.05, 0) is 12.1 Å². The van der Waals surface area contributed by atoms with Gasteiger partial charge in [0.2, 0.25) is 0 Å². The van der Waals surface area contributed by atoms with Crippen LogP contribution in [0.25, 0.3) is 0 Å². The topological polar surface area (TPSA) is 40.5 Å². The highest BCUT2D eigenvalue weighted by Gasteiger charge is 1.85. The minimum absolute atomic E-state index is 0.0880. The van der Waals surface area contributed by atoms with Crippen molar-refractivity contribution in [2.24, 2.45) is 0 Å². The number of rotatable bonds is 0. The van der Waals surface area contributed by atoms with Gasteiger partial charge in [-0.15, -0.1) is 5.73 Å². The highest BCUT2D eigenvalue weighted by molar-refractivity contribution is 5.30. The van der Waals surface area contributed by atoms with Crippen LogP contribution in [-0.2, 0) is 0 Å². The first-order chi connectivity index (χ1) is 5.20. The van der Waals surface area contributed by atoms with Gasteiger partial charge in [-0.3, -0.25) is 0 Å². The summed E-state index contributed by atoms with van der Waals surface area (Å²) in [6.45, 7) is 6.25. The number of hydrogen-bond donors (Lipinski definition) is 2. The van der Waals surface area contributed by atoms with E-state index in [-0.39, 0.29) is 11.5 Å². The monoisotopic (exact) mass is 150 g/mol. The summed E-state index contributed by atoms with van der Waals surface area (Å²) in [5.74, 6) is 0.176. The molecule has 11 heavy (non-hydrogen) atoms. The Morgan fingerprint density at radius 2 is 1.45 bits per heavy atom. The molecule has 0 heterocycles. The molecular formula is C9H10O2. The minimum Gasteiger partial charge on any atom is -0.508 e. The lowest BCUT2D eigenvalue weighted by Crippen LogP contribution is -1.61. The van der Waals surface area contributed by atoms with Crippen molar-refractivity contribution in [2.45, 2.75) is 0 Å². The van der Waals surface area contributed by atoms with Crippen molar-refractivity contribution in [2.75, 3.05) is 0 Å². The molecular weight excluding hydrogens is 140 g/mol. The summed E-state index contributed by atoms with van der Waals surface area (Å²) >= 11 is 0. The second-order valence-corrected chi connectivity index (χ2v) is 1.77. The molecule has 0 atom stereocenters. The van der Waals surface area contributed by atoms with Gasteiger partial charge in [0.15, 0.2) is 0 Å². The maximum absolute atomic E-state index is 8.65. The van der Waals surface area contributed by atoms with Crippen LogP contribution in [0, 0.1) is 0 Å². The summed E-state index contributed by atoms with van der Waals surface area (Å²) in [5.41, 5.74) is 2.25. The predicted octanol–water partition coefficient (Wildman–Crippen LogP) is 2.06. The third-order valence-electron chi connectivity index (χ3n) is 0.830. The van der Waals surface area contributed by atoms with Crippen LogP contribution < -0.4 is 0 Å². The summed E-state index contributed by atoms with van der Waals surface area (Å²) in [4.78, 5) is 0. The van der Waals surface area contributed by atoms with Gasteiger partial charge in [-0.25, -0.2) is 0 Å². The lowest BCUT2D eigenvalue weighted by atomic mass is 10.3. The average Bonchev–Trinajstić information content (AvgIpc) is 1.88. The normalized spacial score (nSPS) is 7.27. The minimum atomic E-state index is 0.0880. The molecule has 0 aliphatic rings. The number of benzene rings is 1. The van der Waals surface area contributed by atoms with Gasteiger partial charge in [-0.2, -0.15) is 0 Å². The Morgan fingerprint density at radius 3 is 1.64 bits per heavy atom. The van der Waals surface area contributed by atoms with Crippen LogP contribution in [0.15, 0.2) is 43.2 Å². The molecule has 0 saturated heterocycles. The summed E-state index contributed by atoms with van der Waals surface area (Å²) in [7, 11) is 0. The van der Waals surface area contributed by atoms with E-state index in [9.17, 15) is 0 Å². The molecule has 58 valence electrons. The van der Waals surface area contributed by atoms with E-state index in [0.29, 0.717) is 0 Å². The van der Waals surface area contributed by atoms with Crippen molar-refractivity contribution in [1.29, 1.82) is 0 Å². The van der Waals surface area contributed by atoms with E-state index < -0.39 is 0 Å². The summed E-state index contributed by atoms with van der Waals surface area (Å²) < 4.78 is 0. The van der Waals surface area contributed by atoms with E-state index in [1.54, 1.807) is 6.07 Å². The van der Waals surface area contributed by atoms with Crippen LogP contribution in [0.3, 0.4) is 0 Å². The van der Waals surface area contributed by atoms with Crippen LogP contribution in [-0.4, -0.2) is 10.2 Å². The van der Waals surface area contributed by atoms with Gasteiger partial charge in [0, 0.05) is 6.07 Å². The molecule has 0 bridgehead atoms. The summed E-state index contributed by atoms with van der Waals surface area (Å²) in [6, 6.07) is 5.85. The average molecular weight is 150 g/mol. The summed E-state index contributed by atoms with van der Waals surface area (Å²) in [5, 5.41) is 17.3. The van der Waals surface area contributed by atoms with Crippen molar-refractivity contribution in [3.63, 3.8) is 0 Å². The van der Waals surface area contributed by atoms with E-state index in [0.717, 1.165) is 0 Å². The molecule has 0 amide bonds. The second-order valence-electron chi connectivity index (χ2n) is 1.77. The van der Waals surface area contributed by atoms with Gasteiger partial charge < -0.3 is 10.2 Å². The van der Waals surface area contributed by atoms with E-state index in [2.05, 4.69) is 18.9 Å². The number of hydrogen-bond acceptors (Lipinski definition) is 2. The molecule has 0 saturated carbocycles. The van der Waals surface area contributed by atoms with E-state index in [4.69, 9.17) is 10.2 Å². The molecule has 2 nitrogen and oxygen atoms in total. The van der Waals surface area contributed by atoms with Crippen LogP contribution in [0.5, 0.6) is 11.5 Å². The molecule has 1 aromatic rings. The Hall–Kier alpha value is -1.66. The SMILES string of the molecule is C=C=C.Oc1cccc(O)c1. The zero-order valence-electron chi connectivity index (χ0n) is 6.12. The molecule has 0 unspecified atom stereocenters. The van der Waals surface area contributed by atoms with E-state index in [1.807, 2.05) is 0 Å². The third-order valence-corrected chi connectivity index (χ3v) is 0.830. The highest BCUT2D eigenvalue weighted by Crippen LogP contribution is 2.14. The second kappa shape index (κ2) is 5.15. The van der Waals surface area contributed by atoms with Crippen molar-refractivity contribution in [1.82, 2.24) is 0 Å². The van der Waals surface area contributed by atoms with Gasteiger partial charge >= 0.3 is 0 Å². The van der Waals surface area contributed by atoms with Crippen molar-refractivity contribution >= 4 is 0 Å². The van der Waals surface area contributed by atoms with Crippen LogP contribution in [0.1, 0.15) is 0 Å². The molecule has 0 spiro atoms. The standard InChI is InChI=1S/C6H6O2.C3H4/c7-5-2-1-3-6(8)4-5;1-3-2/h1-4,7-8H;1-2H2. The van der Waals surface area contributed by atoms with Gasteiger partial charge in [0.25, 0.3) is 0 Å². The molecule has 0 aliphatic carbocycles. The Kier molecular flexibility index (Phi) is 4.37. The largest absolute Gasteiger partial charge is 0.508 e. The van der Waals surface area contributed by atoms with Gasteiger partial charge in [-0.1, -0.05) is 19.2 Å². The van der Waals surface area contributed by atoms with Crippen LogP contribution in [0.2, 0.25) is 0 Å². The molecule has 0 aliphatic heterocycles. The third kappa shape index (κ3) is 4.82. The number of aromatic hydroxyl groups is 2. The number of phenols is 2. The maximum atomic E-state index is 8.65. The molecule has 0 aromatic heterocycles. The molecule has 0 radical (unpaired) electrons. The lowest BCUT2D eigenvalue weighted by molar-refractivity contribution is 0.450. The molecule has 2 heteroatoms. The van der Waals surface area contributed by atoms with Gasteiger partial charge in [0.1, 0.15) is 11.5 Å². The van der Waals surface area contributed by atoms with Gasteiger partial charge in [0.05, 0.1) is 0 Å².